The molecule has 5 rings (SSSR count). The molecule has 0 bridgehead atoms. The van der Waals surface area contributed by atoms with Gasteiger partial charge in [0.05, 0.1) is 0 Å². The van der Waals surface area contributed by atoms with Gasteiger partial charge >= 0.3 is 0 Å². The van der Waals surface area contributed by atoms with Crippen LogP contribution in [0.1, 0.15) is 16.8 Å². The number of fused-ring (bicyclic) bond motifs is 1. The number of anilines is 1. The standard InChI is InChI=1S/C22H22N6O/c29-21-19(13-17-14-24-20-18(17)7-4-8-23-20)25-22(26-21)28-11-9-27(10-12-28)15-16-5-2-1-3-6-16/h1-8,13-14,29H,9-12,15H2,(H,25,26)/b17-13+. The van der Waals surface area contributed by atoms with Crippen LogP contribution in [-0.2, 0) is 6.54 Å². The number of pyridine rings is 1. The van der Waals surface area contributed by atoms with Gasteiger partial charge in [-0.25, -0.2) is 9.98 Å². The van der Waals surface area contributed by atoms with Gasteiger partial charge in [0.2, 0.25) is 11.8 Å². The third-order valence-electron chi connectivity index (χ3n) is 5.34. The van der Waals surface area contributed by atoms with E-state index in [0.29, 0.717) is 17.5 Å². The lowest BCUT2D eigenvalue weighted by Crippen LogP contribution is -2.46. The number of piperazine rings is 1. The molecule has 4 heterocycles. The molecule has 0 aliphatic carbocycles. The Bertz CT molecular complexity index is 1060. The molecule has 2 aliphatic heterocycles. The van der Waals surface area contributed by atoms with Crippen molar-refractivity contribution in [2.45, 2.75) is 6.54 Å². The molecular weight excluding hydrogens is 364 g/mol. The molecule has 3 aromatic rings. The normalized spacial score (nSPS) is 17.8. The Morgan fingerprint density at radius 2 is 1.86 bits per heavy atom. The summed E-state index contributed by atoms with van der Waals surface area (Å²) in [5.74, 6) is 1.41. The average Bonchev–Trinajstić information content (AvgIpc) is 3.33. The highest BCUT2D eigenvalue weighted by Crippen LogP contribution is 2.32. The van der Waals surface area contributed by atoms with E-state index in [1.165, 1.54) is 5.56 Å². The quantitative estimate of drug-likeness (QED) is 0.720. The van der Waals surface area contributed by atoms with E-state index >= 15 is 0 Å². The fourth-order valence-electron chi connectivity index (χ4n) is 3.77. The van der Waals surface area contributed by atoms with Gasteiger partial charge in [-0.3, -0.25) is 4.90 Å². The summed E-state index contributed by atoms with van der Waals surface area (Å²) in [5.41, 5.74) is 3.78. The van der Waals surface area contributed by atoms with Gasteiger partial charge in [-0.05, 0) is 23.8 Å². The van der Waals surface area contributed by atoms with Crippen LogP contribution in [0.3, 0.4) is 0 Å². The van der Waals surface area contributed by atoms with Crippen molar-refractivity contribution in [3.63, 3.8) is 0 Å². The number of H-pyrrole nitrogens is 1. The third-order valence-corrected chi connectivity index (χ3v) is 5.34. The predicted octanol–water partition coefficient (Wildman–Crippen LogP) is 3.09. The highest BCUT2D eigenvalue weighted by atomic mass is 16.3. The lowest BCUT2D eigenvalue weighted by molar-refractivity contribution is 0.249. The minimum atomic E-state index is 0.00459. The van der Waals surface area contributed by atoms with E-state index in [0.717, 1.165) is 43.9 Å². The first kappa shape index (κ1) is 17.6. The summed E-state index contributed by atoms with van der Waals surface area (Å²) >= 11 is 0. The zero-order chi connectivity index (χ0) is 19.6. The van der Waals surface area contributed by atoms with Gasteiger partial charge < -0.3 is 15.0 Å². The Morgan fingerprint density at radius 3 is 2.69 bits per heavy atom. The SMILES string of the molecule is Oc1nc(N2CCN(Cc3ccccc3)CC2)[nH]c1/C=C1\C=Nc2ncccc21. The molecule has 1 aromatic carbocycles. The van der Waals surface area contributed by atoms with Gasteiger partial charge in [0.15, 0.2) is 5.82 Å². The molecule has 1 saturated heterocycles. The van der Waals surface area contributed by atoms with E-state index in [2.05, 4.69) is 54.0 Å². The summed E-state index contributed by atoms with van der Waals surface area (Å²) in [7, 11) is 0. The Morgan fingerprint density at radius 1 is 1.03 bits per heavy atom. The van der Waals surface area contributed by atoms with Gasteiger partial charge in [-0.2, -0.15) is 4.98 Å². The van der Waals surface area contributed by atoms with Crippen LogP contribution in [0.2, 0.25) is 0 Å². The predicted molar refractivity (Wildman–Crippen MR) is 114 cm³/mol. The highest BCUT2D eigenvalue weighted by molar-refractivity contribution is 6.20. The van der Waals surface area contributed by atoms with Crippen LogP contribution >= 0.6 is 0 Å². The Balaban J connectivity index is 1.27. The molecular formula is C22H22N6O. The molecule has 0 atom stereocenters. The number of allylic oxidation sites excluding steroid dienone is 1. The summed E-state index contributed by atoms with van der Waals surface area (Å²) in [6.45, 7) is 4.60. The van der Waals surface area contributed by atoms with E-state index in [1.54, 1.807) is 12.4 Å². The van der Waals surface area contributed by atoms with E-state index in [9.17, 15) is 5.11 Å². The Kier molecular flexibility index (Phi) is 4.57. The second-order valence-corrected chi connectivity index (χ2v) is 7.28. The molecule has 7 heteroatoms. The number of nitrogens with zero attached hydrogens (tertiary/aromatic N) is 5. The molecule has 1 fully saturated rings. The molecule has 0 saturated carbocycles. The maximum Gasteiger partial charge on any atom is 0.238 e. The molecule has 29 heavy (non-hydrogen) atoms. The second kappa shape index (κ2) is 7.52. The van der Waals surface area contributed by atoms with Crippen LogP contribution in [0.15, 0.2) is 53.7 Å². The number of imidazole rings is 1. The number of aromatic hydroxyl groups is 1. The lowest BCUT2D eigenvalue weighted by atomic mass is 10.1. The van der Waals surface area contributed by atoms with Crippen molar-refractivity contribution in [1.82, 2.24) is 19.9 Å². The van der Waals surface area contributed by atoms with Gasteiger partial charge in [0.1, 0.15) is 5.69 Å². The fraction of sp³-hybridized carbons (Fsp3) is 0.227. The molecule has 0 radical (unpaired) electrons. The average molecular weight is 386 g/mol. The number of aliphatic imine (C=N–C) groups is 1. The summed E-state index contributed by atoms with van der Waals surface area (Å²) in [5, 5.41) is 10.3. The third kappa shape index (κ3) is 3.64. The van der Waals surface area contributed by atoms with Gasteiger partial charge in [-0.15, -0.1) is 0 Å². The smallest absolute Gasteiger partial charge is 0.238 e. The first-order valence-electron chi connectivity index (χ1n) is 9.77. The maximum atomic E-state index is 10.3. The number of rotatable bonds is 4. The first-order chi connectivity index (χ1) is 14.3. The molecule has 0 amide bonds. The second-order valence-electron chi connectivity index (χ2n) is 7.28. The maximum absolute atomic E-state index is 10.3. The minimum Gasteiger partial charge on any atom is -0.492 e. The van der Waals surface area contributed by atoms with E-state index in [1.807, 2.05) is 24.3 Å². The van der Waals surface area contributed by atoms with Crippen molar-refractivity contribution in [2.75, 3.05) is 31.1 Å². The van der Waals surface area contributed by atoms with E-state index in [-0.39, 0.29) is 5.88 Å². The Labute approximate surface area is 169 Å². The summed E-state index contributed by atoms with van der Waals surface area (Å²) < 4.78 is 0. The van der Waals surface area contributed by atoms with Crippen LogP contribution in [0.25, 0.3) is 11.6 Å². The molecule has 146 valence electrons. The van der Waals surface area contributed by atoms with Crippen LogP contribution in [0.4, 0.5) is 11.8 Å². The lowest BCUT2D eigenvalue weighted by Gasteiger charge is -2.34. The molecule has 0 spiro atoms. The number of hydrogen-bond donors (Lipinski definition) is 2. The van der Waals surface area contributed by atoms with Gasteiger partial charge in [-0.1, -0.05) is 30.3 Å². The van der Waals surface area contributed by atoms with E-state index < -0.39 is 0 Å². The zero-order valence-corrected chi connectivity index (χ0v) is 16.0. The van der Waals surface area contributed by atoms with Crippen molar-refractivity contribution in [1.29, 1.82) is 0 Å². The van der Waals surface area contributed by atoms with Crippen LogP contribution in [-0.4, -0.2) is 57.4 Å². The van der Waals surface area contributed by atoms with Gasteiger partial charge in [0.25, 0.3) is 0 Å². The van der Waals surface area contributed by atoms with Crippen LogP contribution in [0.5, 0.6) is 5.88 Å². The topological polar surface area (TPSA) is 80.6 Å². The van der Waals surface area contributed by atoms with Crippen molar-refractivity contribution in [3.8, 4) is 5.88 Å². The van der Waals surface area contributed by atoms with Gasteiger partial charge in [0, 0.05) is 56.3 Å². The van der Waals surface area contributed by atoms with Crippen molar-refractivity contribution in [3.05, 3.63) is 65.5 Å². The first-order valence-corrected chi connectivity index (χ1v) is 9.77. The number of benzene rings is 1. The summed E-state index contributed by atoms with van der Waals surface area (Å²) in [6.07, 6.45) is 5.36. The van der Waals surface area contributed by atoms with Crippen LogP contribution < -0.4 is 4.90 Å². The molecule has 2 aliphatic rings. The van der Waals surface area contributed by atoms with Crippen molar-refractivity contribution >= 4 is 29.6 Å². The van der Waals surface area contributed by atoms with Crippen molar-refractivity contribution < 1.29 is 5.11 Å². The zero-order valence-electron chi connectivity index (χ0n) is 16.0. The summed E-state index contributed by atoms with van der Waals surface area (Å²) in [6, 6.07) is 14.4. The fourth-order valence-corrected chi connectivity index (χ4v) is 3.77. The number of hydrogen-bond acceptors (Lipinski definition) is 6. The Hall–Kier alpha value is -3.45. The molecule has 2 aromatic heterocycles. The summed E-state index contributed by atoms with van der Waals surface area (Å²) in [4.78, 5) is 20.8. The highest BCUT2D eigenvalue weighted by Gasteiger charge is 2.21. The molecule has 0 unspecified atom stereocenters. The van der Waals surface area contributed by atoms with Crippen LogP contribution in [0, 0.1) is 0 Å². The monoisotopic (exact) mass is 386 g/mol. The molecule has 2 N–H and O–H groups in total. The number of nitrogens with one attached hydrogen (secondary N) is 1. The largest absolute Gasteiger partial charge is 0.492 e. The molecule has 7 nitrogen and oxygen atoms in total. The van der Waals surface area contributed by atoms with E-state index in [4.69, 9.17) is 0 Å². The minimum absolute atomic E-state index is 0.00459. The number of aromatic amines is 1. The van der Waals surface area contributed by atoms with Crippen molar-refractivity contribution in [2.24, 2.45) is 4.99 Å². The number of aromatic nitrogens is 3.